The molecule has 2 aromatic rings. The van der Waals surface area contributed by atoms with Gasteiger partial charge in [-0.3, -0.25) is 9.63 Å². The fraction of sp³-hybridized carbons (Fsp3) is 0.481. The van der Waals surface area contributed by atoms with Gasteiger partial charge in [-0.05, 0) is 36.8 Å². The molecule has 2 aliphatic heterocycles. The van der Waals surface area contributed by atoms with Crippen LogP contribution in [0.1, 0.15) is 43.2 Å². The summed E-state index contributed by atoms with van der Waals surface area (Å²) in [4.78, 5) is 36.5. The summed E-state index contributed by atoms with van der Waals surface area (Å²) in [5.74, 6) is -2.00. The lowest BCUT2D eigenvalue weighted by Crippen LogP contribution is -2.47. The number of hydrogen-bond acceptors (Lipinski definition) is 8. The first-order valence-corrected chi connectivity index (χ1v) is 12.1. The van der Waals surface area contributed by atoms with Crippen molar-refractivity contribution >= 4 is 11.9 Å². The van der Waals surface area contributed by atoms with Crippen LogP contribution in [0.15, 0.2) is 60.7 Å². The first kappa shape index (κ1) is 23.9. The minimum Gasteiger partial charge on any atom is -0.469 e. The van der Waals surface area contributed by atoms with E-state index in [1.807, 2.05) is 12.1 Å². The standard InChI is InChI=1S/C27H31NO7/c1-31-25(29)23-20-15-16-22(34-28(20)35-24(23)26(30)32-2)33-21-14-9-17-27(21,18-10-5-3-6-11-18)19-12-7-4-8-13-19/h3-8,10-13,20-24H,9,14-17H2,1-2H3/t20-,21+,22-,23-,24+/m1/s1. The molecule has 8 heteroatoms. The summed E-state index contributed by atoms with van der Waals surface area (Å²) in [6.07, 6.45) is 2.20. The van der Waals surface area contributed by atoms with Crippen LogP contribution in [0.4, 0.5) is 0 Å². The highest BCUT2D eigenvalue weighted by molar-refractivity contribution is 5.84. The second-order valence-electron chi connectivity index (χ2n) is 9.28. The summed E-state index contributed by atoms with van der Waals surface area (Å²) in [6.45, 7) is 0. The van der Waals surface area contributed by atoms with Gasteiger partial charge >= 0.3 is 11.9 Å². The molecule has 1 saturated carbocycles. The van der Waals surface area contributed by atoms with Gasteiger partial charge in [-0.2, -0.15) is 0 Å². The highest BCUT2D eigenvalue weighted by Crippen LogP contribution is 2.49. The third-order valence-corrected chi connectivity index (χ3v) is 7.54. The van der Waals surface area contributed by atoms with E-state index in [-0.39, 0.29) is 11.5 Å². The molecule has 2 heterocycles. The van der Waals surface area contributed by atoms with Gasteiger partial charge in [0.15, 0.2) is 12.4 Å². The van der Waals surface area contributed by atoms with Crippen molar-refractivity contribution in [1.29, 1.82) is 0 Å². The summed E-state index contributed by atoms with van der Waals surface area (Å²) in [5, 5.41) is 1.25. The summed E-state index contributed by atoms with van der Waals surface area (Å²) in [6, 6.07) is 20.5. The molecule has 35 heavy (non-hydrogen) atoms. The number of hydrogen-bond donors (Lipinski definition) is 0. The predicted octanol–water partition coefficient (Wildman–Crippen LogP) is 3.54. The monoisotopic (exact) mass is 481 g/mol. The van der Waals surface area contributed by atoms with Gasteiger partial charge < -0.3 is 14.2 Å². The third kappa shape index (κ3) is 4.25. The van der Waals surface area contributed by atoms with E-state index in [1.54, 1.807) is 0 Å². The van der Waals surface area contributed by atoms with Gasteiger partial charge in [0, 0.05) is 11.8 Å². The number of methoxy groups -OCH3 is 2. The number of esters is 2. The van der Waals surface area contributed by atoms with E-state index in [2.05, 4.69) is 48.5 Å². The molecule has 0 aromatic heterocycles. The fourth-order valence-electron chi connectivity index (χ4n) is 5.91. The number of fused-ring (bicyclic) bond motifs is 1. The Labute approximate surface area is 205 Å². The number of benzene rings is 2. The number of carbonyl (C=O) groups is 2. The van der Waals surface area contributed by atoms with Crippen LogP contribution in [-0.4, -0.2) is 55.9 Å². The highest BCUT2D eigenvalue weighted by atomic mass is 17.0. The average molecular weight is 482 g/mol. The van der Waals surface area contributed by atoms with Crippen molar-refractivity contribution in [2.24, 2.45) is 5.92 Å². The maximum Gasteiger partial charge on any atom is 0.338 e. The lowest BCUT2D eigenvalue weighted by Gasteiger charge is -2.40. The van der Waals surface area contributed by atoms with E-state index < -0.39 is 36.3 Å². The molecule has 3 fully saturated rings. The molecule has 0 bridgehead atoms. The quantitative estimate of drug-likeness (QED) is 0.580. The molecular weight excluding hydrogens is 450 g/mol. The molecule has 3 aliphatic rings. The Morgan fingerprint density at radius 3 is 2.09 bits per heavy atom. The summed E-state index contributed by atoms with van der Waals surface area (Å²) in [5.41, 5.74) is 2.14. The molecule has 2 aromatic carbocycles. The zero-order chi connectivity index (χ0) is 24.4. The Kier molecular flexibility index (Phi) is 6.88. The molecule has 8 nitrogen and oxygen atoms in total. The zero-order valence-corrected chi connectivity index (χ0v) is 20.0. The van der Waals surface area contributed by atoms with Crippen LogP contribution in [0.5, 0.6) is 0 Å². The van der Waals surface area contributed by atoms with Crippen molar-refractivity contribution < 1.29 is 33.5 Å². The van der Waals surface area contributed by atoms with Gasteiger partial charge in [-0.15, -0.1) is 0 Å². The van der Waals surface area contributed by atoms with Crippen LogP contribution in [0.2, 0.25) is 0 Å². The van der Waals surface area contributed by atoms with Gasteiger partial charge in [0.05, 0.1) is 26.4 Å². The second-order valence-corrected chi connectivity index (χ2v) is 9.28. The lowest BCUT2D eigenvalue weighted by molar-refractivity contribution is -0.438. The number of nitrogens with zero attached hydrogens (tertiary/aromatic N) is 1. The molecular formula is C27H31NO7. The molecule has 0 amide bonds. The zero-order valence-electron chi connectivity index (χ0n) is 20.0. The number of ether oxygens (including phenoxy) is 3. The van der Waals surface area contributed by atoms with Crippen LogP contribution in [0.3, 0.4) is 0 Å². The van der Waals surface area contributed by atoms with Crippen molar-refractivity contribution in [2.45, 2.75) is 62.1 Å². The van der Waals surface area contributed by atoms with E-state index in [9.17, 15) is 9.59 Å². The fourth-order valence-corrected chi connectivity index (χ4v) is 5.91. The smallest absolute Gasteiger partial charge is 0.338 e. The Hall–Kier alpha value is -2.78. The van der Waals surface area contributed by atoms with E-state index in [0.29, 0.717) is 12.8 Å². The number of carbonyl (C=O) groups excluding carboxylic acids is 2. The molecule has 0 N–H and O–H groups in total. The Morgan fingerprint density at radius 1 is 0.857 bits per heavy atom. The minimum atomic E-state index is -1.12. The molecule has 5 atom stereocenters. The molecule has 186 valence electrons. The van der Waals surface area contributed by atoms with Crippen LogP contribution >= 0.6 is 0 Å². The number of rotatable bonds is 6. The summed E-state index contributed by atoms with van der Waals surface area (Å²) >= 11 is 0. The van der Waals surface area contributed by atoms with Crippen LogP contribution in [0, 0.1) is 5.92 Å². The van der Waals surface area contributed by atoms with Gasteiger partial charge in [0.2, 0.25) is 0 Å². The van der Waals surface area contributed by atoms with Gasteiger partial charge in [0.1, 0.15) is 5.92 Å². The number of hydroxylamine groups is 2. The van der Waals surface area contributed by atoms with E-state index in [1.165, 1.54) is 30.6 Å². The normalized spacial score (nSPS) is 29.9. The topological polar surface area (TPSA) is 83.5 Å². The largest absolute Gasteiger partial charge is 0.469 e. The van der Waals surface area contributed by atoms with Crippen molar-refractivity contribution in [2.75, 3.05) is 14.2 Å². The van der Waals surface area contributed by atoms with Crippen molar-refractivity contribution in [3.63, 3.8) is 0 Å². The average Bonchev–Trinajstić information content (AvgIpc) is 3.51. The van der Waals surface area contributed by atoms with Gasteiger partial charge in [0.25, 0.3) is 0 Å². The molecule has 0 spiro atoms. The molecule has 0 unspecified atom stereocenters. The van der Waals surface area contributed by atoms with Crippen LogP contribution < -0.4 is 0 Å². The first-order valence-electron chi connectivity index (χ1n) is 12.1. The van der Waals surface area contributed by atoms with Crippen LogP contribution in [-0.2, 0) is 38.9 Å². The van der Waals surface area contributed by atoms with E-state index >= 15 is 0 Å². The molecule has 1 aliphatic carbocycles. The maximum absolute atomic E-state index is 12.4. The highest BCUT2D eigenvalue weighted by Gasteiger charge is 2.56. The van der Waals surface area contributed by atoms with E-state index in [0.717, 1.165) is 19.3 Å². The van der Waals surface area contributed by atoms with Crippen molar-refractivity contribution in [3.8, 4) is 0 Å². The Bertz CT molecular complexity index is 991. The SMILES string of the molecule is COC(=O)[C@H]1[C@@H](C(=O)OC)ON2O[C@@H](O[C@H]3CCCC3(c3ccccc3)c3ccccc3)CC[C@H]12. The van der Waals surface area contributed by atoms with E-state index in [4.69, 9.17) is 23.9 Å². The molecule has 2 saturated heterocycles. The Morgan fingerprint density at radius 2 is 1.49 bits per heavy atom. The van der Waals surface area contributed by atoms with Gasteiger partial charge in [-0.1, -0.05) is 65.9 Å². The maximum atomic E-state index is 12.4. The minimum absolute atomic E-state index is 0.107. The molecule has 0 radical (unpaired) electrons. The Balaban J connectivity index is 1.38. The predicted molar refractivity (Wildman–Crippen MR) is 125 cm³/mol. The lowest BCUT2D eigenvalue weighted by atomic mass is 9.71. The summed E-state index contributed by atoms with van der Waals surface area (Å²) in [7, 11) is 2.55. The second kappa shape index (κ2) is 10.1. The van der Waals surface area contributed by atoms with Crippen molar-refractivity contribution in [3.05, 3.63) is 71.8 Å². The first-order chi connectivity index (χ1) is 17.1. The summed E-state index contributed by atoms with van der Waals surface area (Å²) < 4.78 is 16.4. The third-order valence-electron chi connectivity index (χ3n) is 7.54. The molecule has 5 rings (SSSR count). The van der Waals surface area contributed by atoms with Crippen LogP contribution in [0.25, 0.3) is 0 Å². The van der Waals surface area contributed by atoms with Crippen molar-refractivity contribution in [1.82, 2.24) is 5.23 Å². The van der Waals surface area contributed by atoms with Gasteiger partial charge in [-0.25, -0.2) is 9.63 Å².